The summed E-state index contributed by atoms with van der Waals surface area (Å²) in [4.78, 5) is 2.38. The topological polar surface area (TPSA) is 67.7 Å². The Bertz CT molecular complexity index is 609. The van der Waals surface area contributed by atoms with Crippen LogP contribution in [0.4, 0.5) is 0 Å². The second-order valence-corrected chi connectivity index (χ2v) is 8.11. The van der Waals surface area contributed by atoms with Gasteiger partial charge in [0.15, 0.2) is 0 Å². The van der Waals surface area contributed by atoms with Gasteiger partial charge in [-0.25, -0.2) is 8.42 Å². The second-order valence-electron chi connectivity index (χ2n) is 6.17. The van der Waals surface area contributed by atoms with Gasteiger partial charge in [0, 0.05) is 45.0 Å². The minimum atomic E-state index is -3.19. The Morgan fingerprint density at radius 1 is 1.32 bits per heavy atom. The van der Waals surface area contributed by atoms with Crippen molar-refractivity contribution in [1.82, 2.24) is 19.0 Å². The Labute approximate surface area is 131 Å². The van der Waals surface area contributed by atoms with Gasteiger partial charge < -0.3 is 4.74 Å². The van der Waals surface area contributed by atoms with E-state index in [0.717, 1.165) is 38.3 Å². The molecule has 2 atom stereocenters. The van der Waals surface area contributed by atoms with Crippen LogP contribution in [0.25, 0.3) is 0 Å². The van der Waals surface area contributed by atoms with Gasteiger partial charge in [0.2, 0.25) is 10.0 Å². The van der Waals surface area contributed by atoms with E-state index in [4.69, 9.17) is 4.74 Å². The summed E-state index contributed by atoms with van der Waals surface area (Å²) in [5, 5.41) is 4.20. The van der Waals surface area contributed by atoms with Gasteiger partial charge in [0.05, 0.1) is 25.7 Å². The van der Waals surface area contributed by atoms with Crippen molar-refractivity contribution in [2.24, 2.45) is 7.05 Å². The second kappa shape index (κ2) is 6.27. The first-order valence-electron chi connectivity index (χ1n) is 7.71. The van der Waals surface area contributed by atoms with Crippen LogP contribution >= 0.6 is 0 Å². The zero-order chi connectivity index (χ0) is 15.7. The summed E-state index contributed by atoms with van der Waals surface area (Å²) in [5.41, 5.74) is 1.08. The van der Waals surface area contributed by atoms with Gasteiger partial charge in [0.25, 0.3) is 0 Å². The minimum Gasteiger partial charge on any atom is -0.379 e. The Balaban J connectivity index is 1.82. The molecule has 1 aromatic rings. The number of hydrogen-bond acceptors (Lipinski definition) is 5. The Morgan fingerprint density at radius 2 is 2.05 bits per heavy atom. The summed E-state index contributed by atoms with van der Waals surface area (Å²) in [6.45, 7) is 3.83. The maximum Gasteiger partial charge on any atom is 0.211 e. The van der Waals surface area contributed by atoms with E-state index in [1.165, 1.54) is 6.26 Å². The lowest BCUT2D eigenvalue weighted by atomic mass is 10.0. The summed E-state index contributed by atoms with van der Waals surface area (Å²) in [7, 11) is -1.31. The number of hydrogen-bond donors (Lipinski definition) is 0. The van der Waals surface area contributed by atoms with Gasteiger partial charge in [-0.15, -0.1) is 0 Å². The molecule has 2 aliphatic heterocycles. The summed E-state index contributed by atoms with van der Waals surface area (Å²) in [6, 6.07) is 0.246. The van der Waals surface area contributed by atoms with Crippen LogP contribution in [0.3, 0.4) is 0 Å². The number of ether oxygens (including phenoxy) is 1. The average molecular weight is 328 g/mol. The van der Waals surface area contributed by atoms with Crippen molar-refractivity contribution in [3.05, 3.63) is 18.0 Å². The van der Waals surface area contributed by atoms with Crippen molar-refractivity contribution in [3.63, 3.8) is 0 Å². The molecule has 0 amide bonds. The number of sulfonamides is 1. The van der Waals surface area contributed by atoms with Crippen LogP contribution in [-0.4, -0.2) is 78.6 Å². The molecule has 0 radical (unpaired) electrons. The number of morpholine rings is 1. The minimum absolute atomic E-state index is 0.0164. The first-order chi connectivity index (χ1) is 10.4. The normalized spacial score (nSPS) is 28.3. The quantitative estimate of drug-likeness (QED) is 0.759. The summed E-state index contributed by atoms with van der Waals surface area (Å²) in [5.74, 6) is 0. The van der Waals surface area contributed by atoms with Crippen molar-refractivity contribution >= 4 is 10.0 Å². The van der Waals surface area contributed by atoms with Crippen LogP contribution in [0.15, 0.2) is 12.4 Å². The molecule has 2 aliphatic rings. The third-order valence-corrected chi connectivity index (χ3v) is 5.91. The predicted molar refractivity (Wildman–Crippen MR) is 83.0 cm³/mol. The van der Waals surface area contributed by atoms with Crippen molar-refractivity contribution in [2.45, 2.75) is 24.9 Å². The lowest BCUT2D eigenvalue weighted by Gasteiger charge is -2.36. The molecular formula is C14H24N4O3S. The van der Waals surface area contributed by atoms with E-state index in [0.29, 0.717) is 13.0 Å². The molecule has 2 fully saturated rings. The van der Waals surface area contributed by atoms with Crippen LogP contribution in [0.5, 0.6) is 0 Å². The van der Waals surface area contributed by atoms with E-state index >= 15 is 0 Å². The van der Waals surface area contributed by atoms with E-state index in [1.807, 2.05) is 19.4 Å². The lowest BCUT2D eigenvalue weighted by molar-refractivity contribution is 0.0116. The maximum absolute atomic E-state index is 12.1. The molecule has 0 aromatic carbocycles. The molecule has 0 saturated carbocycles. The van der Waals surface area contributed by atoms with Crippen molar-refractivity contribution in [2.75, 3.05) is 39.1 Å². The van der Waals surface area contributed by atoms with Gasteiger partial charge >= 0.3 is 0 Å². The zero-order valence-corrected chi connectivity index (χ0v) is 14.0. The number of aryl methyl sites for hydroxylation is 1. The zero-order valence-electron chi connectivity index (χ0n) is 13.2. The molecule has 1 aromatic heterocycles. The van der Waals surface area contributed by atoms with Crippen molar-refractivity contribution in [1.29, 1.82) is 0 Å². The molecule has 0 aliphatic carbocycles. The van der Waals surface area contributed by atoms with E-state index < -0.39 is 10.0 Å². The Hall–Kier alpha value is -0.960. The standard InChI is InChI=1S/C14H24N4O3S/c1-16-11-12(10-15-16)9-14-13(17-5-7-21-8-6-17)3-4-18(14)22(2,19)20/h10-11,13-14H,3-9H2,1-2H3/t13-,14+/m1/s1. The van der Waals surface area contributed by atoms with E-state index in [1.54, 1.807) is 8.99 Å². The highest BCUT2D eigenvalue weighted by Gasteiger charge is 2.42. The molecular weight excluding hydrogens is 304 g/mol. The van der Waals surface area contributed by atoms with Crippen LogP contribution in [0.2, 0.25) is 0 Å². The molecule has 3 rings (SSSR count). The molecule has 0 spiro atoms. The Kier molecular flexibility index (Phi) is 4.54. The third-order valence-electron chi connectivity index (χ3n) is 4.60. The molecule has 22 heavy (non-hydrogen) atoms. The molecule has 8 heteroatoms. The molecule has 0 N–H and O–H groups in total. The smallest absolute Gasteiger partial charge is 0.211 e. The number of rotatable bonds is 4. The van der Waals surface area contributed by atoms with Crippen LogP contribution in [-0.2, 0) is 28.2 Å². The maximum atomic E-state index is 12.1. The highest BCUT2D eigenvalue weighted by molar-refractivity contribution is 7.88. The monoisotopic (exact) mass is 328 g/mol. The summed E-state index contributed by atoms with van der Waals surface area (Å²) in [6.07, 6.45) is 6.70. The predicted octanol–water partition coefficient (Wildman–Crippen LogP) is -0.303. The van der Waals surface area contributed by atoms with Gasteiger partial charge in [0.1, 0.15) is 0 Å². The fourth-order valence-corrected chi connectivity index (χ4v) is 4.76. The van der Waals surface area contributed by atoms with Gasteiger partial charge in [-0.3, -0.25) is 9.58 Å². The first kappa shape index (κ1) is 15.9. The van der Waals surface area contributed by atoms with Gasteiger partial charge in [-0.1, -0.05) is 0 Å². The fraction of sp³-hybridized carbons (Fsp3) is 0.786. The molecule has 0 unspecified atom stereocenters. The van der Waals surface area contributed by atoms with Gasteiger partial charge in [-0.05, 0) is 18.4 Å². The summed E-state index contributed by atoms with van der Waals surface area (Å²) < 4.78 is 33.1. The summed E-state index contributed by atoms with van der Waals surface area (Å²) >= 11 is 0. The molecule has 0 bridgehead atoms. The first-order valence-corrected chi connectivity index (χ1v) is 9.56. The molecule has 7 nitrogen and oxygen atoms in total. The van der Waals surface area contributed by atoms with Crippen molar-refractivity contribution < 1.29 is 13.2 Å². The van der Waals surface area contributed by atoms with E-state index in [9.17, 15) is 8.42 Å². The molecule has 2 saturated heterocycles. The van der Waals surface area contributed by atoms with E-state index in [2.05, 4.69) is 10.00 Å². The van der Waals surface area contributed by atoms with Crippen molar-refractivity contribution in [3.8, 4) is 0 Å². The highest BCUT2D eigenvalue weighted by Crippen LogP contribution is 2.28. The fourth-order valence-electron chi connectivity index (χ4n) is 3.61. The molecule has 124 valence electrons. The SMILES string of the molecule is Cn1cc(C[C@H]2[C@H](N3CCOCC3)CCN2S(C)(=O)=O)cn1. The molecule has 3 heterocycles. The number of aromatic nitrogens is 2. The van der Waals surface area contributed by atoms with Crippen LogP contribution in [0.1, 0.15) is 12.0 Å². The highest BCUT2D eigenvalue weighted by atomic mass is 32.2. The number of nitrogens with zero attached hydrogens (tertiary/aromatic N) is 4. The van der Waals surface area contributed by atoms with Crippen LogP contribution in [0, 0.1) is 0 Å². The van der Waals surface area contributed by atoms with Gasteiger partial charge in [-0.2, -0.15) is 9.40 Å². The van der Waals surface area contributed by atoms with E-state index in [-0.39, 0.29) is 12.1 Å². The van der Waals surface area contributed by atoms with Crippen LogP contribution < -0.4 is 0 Å². The average Bonchev–Trinajstić information content (AvgIpc) is 3.06. The largest absolute Gasteiger partial charge is 0.379 e. The Morgan fingerprint density at radius 3 is 2.64 bits per heavy atom. The third kappa shape index (κ3) is 3.34. The lowest BCUT2D eigenvalue weighted by Crippen LogP contribution is -2.51.